The van der Waals surface area contributed by atoms with Crippen molar-refractivity contribution in [2.24, 2.45) is 5.73 Å². The highest BCUT2D eigenvalue weighted by molar-refractivity contribution is 5.76. The van der Waals surface area contributed by atoms with Crippen molar-refractivity contribution in [1.29, 1.82) is 0 Å². The summed E-state index contributed by atoms with van der Waals surface area (Å²) in [5.74, 6) is 0.0979. The van der Waals surface area contributed by atoms with Gasteiger partial charge in [0.25, 0.3) is 0 Å². The first-order valence-corrected chi connectivity index (χ1v) is 6.52. The summed E-state index contributed by atoms with van der Waals surface area (Å²) in [5, 5.41) is 2.66. The van der Waals surface area contributed by atoms with E-state index >= 15 is 0 Å². The smallest absolute Gasteiger partial charge is 0.221 e. The molecular formula is C14H21N3O. The number of amides is 1. The number of carbonyl (C=O) groups excluding carboxylic acids is 1. The van der Waals surface area contributed by atoms with Crippen molar-refractivity contribution in [1.82, 2.24) is 5.32 Å². The second-order valence-corrected chi connectivity index (χ2v) is 4.68. The van der Waals surface area contributed by atoms with E-state index in [4.69, 9.17) is 5.73 Å². The molecule has 98 valence electrons. The molecule has 0 bridgehead atoms. The van der Waals surface area contributed by atoms with Crippen molar-refractivity contribution in [3.63, 3.8) is 0 Å². The van der Waals surface area contributed by atoms with Crippen molar-refractivity contribution >= 4 is 11.6 Å². The first kappa shape index (κ1) is 12.9. The third-order valence-electron chi connectivity index (χ3n) is 3.48. The first-order valence-electron chi connectivity index (χ1n) is 6.52. The maximum Gasteiger partial charge on any atom is 0.221 e. The van der Waals surface area contributed by atoms with Crippen LogP contribution in [0.1, 0.15) is 24.0 Å². The zero-order valence-corrected chi connectivity index (χ0v) is 10.9. The van der Waals surface area contributed by atoms with Gasteiger partial charge >= 0.3 is 0 Å². The van der Waals surface area contributed by atoms with Gasteiger partial charge in [0.2, 0.25) is 5.91 Å². The van der Waals surface area contributed by atoms with E-state index in [9.17, 15) is 4.79 Å². The molecule has 2 rings (SSSR count). The molecule has 1 aromatic carbocycles. The van der Waals surface area contributed by atoms with Crippen LogP contribution in [0.15, 0.2) is 18.2 Å². The van der Waals surface area contributed by atoms with Crippen LogP contribution in [-0.4, -0.2) is 26.0 Å². The van der Waals surface area contributed by atoms with Gasteiger partial charge in [-0.1, -0.05) is 12.1 Å². The summed E-state index contributed by atoms with van der Waals surface area (Å²) in [5.41, 5.74) is 9.48. The van der Waals surface area contributed by atoms with Crippen molar-refractivity contribution in [3.8, 4) is 0 Å². The maximum atomic E-state index is 11.3. The Morgan fingerprint density at radius 1 is 1.50 bits per heavy atom. The molecule has 1 aromatic rings. The van der Waals surface area contributed by atoms with Crippen molar-refractivity contribution in [2.45, 2.75) is 25.8 Å². The average molecular weight is 247 g/mol. The zero-order chi connectivity index (χ0) is 13.0. The number of benzene rings is 1. The number of carbonyl (C=O) groups is 1. The third kappa shape index (κ3) is 2.82. The molecule has 0 saturated heterocycles. The highest BCUT2D eigenvalue weighted by Gasteiger charge is 2.17. The molecule has 0 radical (unpaired) electrons. The lowest BCUT2D eigenvalue weighted by atomic mass is 9.99. The number of anilines is 1. The Hall–Kier alpha value is -1.55. The van der Waals surface area contributed by atoms with Gasteiger partial charge in [-0.2, -0.15) is 0 Å². The standard InChI is InChI=1S/C14H21N3O/c1-16-14(18)6-8-17-7-2-3-12-9-11(10-15)4-5-13(12)17/h4-5,9H,2-3,6-8,10,15H2,1H3,(H,16,18). The van der Waals surface area contributed by atoms with E-state index in [1.165, 1.54) is 16.8 Å². The van der Waals surface area contributed by atoms with Crippen molar-refractivity contribution < 1.29 is 4.79 Å². The highest BCUT2D eigenvalue weighted by atomic mass is 16.1. The van der Waals surface area contributed by atoms with Crippen LogP contribution in [0.2, 0.25) is 0 Å². The largest absolute Gasteiger partial charge is 0.371 e. The Morgan fingerprint density at radius 3 is 3.06 bits per heavy atom. The van der Waals surface area contributed by atoms with Crippen LogP contribution in [0, 0.1) is 0 Å². The number of nitrogens with two attached hydrogens (primary N) is 1. The molecule has 0 unspecified atom stereocenters. The minimum Gasteiger partial charge on any atom is -0.371 e. The summed E-state index contributed by atoms with van der Waals surface area (Å²) in [7, 11) is 1.68. The van der Waals surface area contributed by atoms with E-state index in [0.717, 1.165) is 25.9 Å². The summed E-state index contributed by atoms with van der Waals surface area (Å²) in [6, 6.07) is 6.42. The van der Waals surface area contributed by atoms with E-state index in [1.807, 2.05) is 0 Å². The van der Waals surface area contributed by atoms with Crippen LogP contribution in [0.3, 0.4) is 0 Å². The molecular weight excluding hydrogens is 226 g/mol. The van der Waals surface area contributed by atoms with Gasteiger partial charge < -0.3 is 16.0 Å². The lowest BCUT2D eigenvalue weighted by molar-refractivity contribution is -0.120. The molecule has 1 amide bonds. The Morgan fingerprint density at radius 2 is 2.33 bits per heavy atom. The molecule has 1 aliphatic rings. The number of rotatable bonds is 4. The van der Waals surface area contributed by atoms with Crippen LogP contribution in [0.4, 0.5) is 5.69 Å². The summed E-state index contributed by atoms with van der Waals surface area (Å²) >= 11 is 0. The monoisotopic (exact) mass is 247 g/mol. The molecule has 0 aliphatic carbocycles. The Kier molecular flexibility index (Phi) is 4.20. The van der Waals surface area contributed by atoms with Crippen LogP contribution >= 0.6 is 0 Å². The van der Waals surface area contributed by atoms with E-state index in [0.29, 0.717) is 13.0 Å². The number of nitrogens with one attached hydrogen (secondary N) is 1. The number of hydrogen-bond donors (Lipinski definition) is 2. The number of hydrogen-bond acceptors (Lipinski definition) is 3. The quantitative estimate of drug-likeness (QED) is 0.835. The van der Waals surface area contributed by atoms with Gasteiger partial charge in [0.1, 0.15) is 0 Å². The topological polar surface area (TPSA) is 58.4 Å². The number of nitrogens with zero attached hydrogens (tertiary/aromatic N) is 1. The molecule has 18 heavy (non-hydrogen) atoms. The van der Waals surface area contributed by atoms with Crippen LogP contribution < -0.4 is 16.0 Å². The van der Waals surface area contributed by atoms with E-state index in [-0.39, 0.29) is 5.91 Å². The fraction of sp³-hybridized carbons (Fsp3) is 0.500. The molecule has 0 fully saturated rings. The summed E-state index contributed by atoms with van der Waals surface area (Å²) in [6.07, 6.45) is 2.81. The first-order chi connectivity index (χ1) is 8.74. The predicted octanol–water partition coefficient (Wildman–Crippen LogP) is 1.03. The number of aryl methyl sites for hydroxylation is 1. The second-order valence-electron chi connectivity index (χ2n) is 4.68. The minimum atomic E-state index is 0.0979. The summed E-state index contributed by atoms with van der Waals surface area (Å²) in [4.78, 5) is 13.6. The van der Waals surface area contributed by atoms with Crippen LogP contribution in [-0.2, 0) is 17.8 Å². The van der Waals surface area contributed by atoms with E-state index in [2.05, 4.69) is 28.4 Å². The van der Waals surface area contributed by atoms with Gasteiger partial charge in [-0.25, -0.2) is 0 Å². The molecule has 0 aromatic heterocycles. The minimum absolute atomic E-state index is 0.0979. The normalized spacial score (nSPS) is 14.2. The Bertz CT molecular complexity index is 431. The molecule has 4 nitrogen and oxygen atoms in total. The van der Waals surface area contributed by atoms with Crippen LogP contribution in [0.25, 0.3) is 0 Å². The molecule has 3 N–H and O–H groups in total. The lowest BCUT2D eigenvalue weighted by Crippen LogP contribution is -2.33. The van der Waals surface area contributed by atoms with E-state index in [1.54, 1.807) is 7.05 Å². The predicted molar refractivity (Wildman–Crippen MR) is 73.6 cm³/mol. The molecule has 1 aliphatic heterocycles. The summed E-state index contributed by atoms with van der Waals surface area (Å²) in [6.45, 7) is 2.41. The molecule has 0 spiro atoms. The van der Waals surface area contributed by atoms with Gasteiger partial charge in [-0.3, -0.25) is 4.79 Å². The Balaban J connectivity index is 2.10. The SMILES string of the molecule is CNC(=O)CCN1CCCc2cc(CN)ccc21. The van der Waals surface area contributed by atoms with Gasteiger partial charge in [-0.05, 0) is 30.0 Å². The number of fused-ring (bicyclic) bond motifs is 1. The lowest BCUT2D eigenvalue weighted by Gasteiger charge is -2.31. The van der Waals surface area contributed by atoms with Crippen molar-refractivity contribution in [3.05, 3.63) is 29.3 Å². The second kappa shape index (κ2) is 5.87. The molecule has 0 saturated carbocycles. The molecule has 1 heterocycles. The average Bonchev–Trinajstić information content (AvgIpc) is 2.43. The molecule has 0 atom stereocenters. The third-order valence-corrected chi connectivity index (χ3v) is 3.48. The van der Waals surface area contributed by atoms with Crippen molar-refractivity contribution in [2.75, 3.05) is 25.0 Å². The van der Waals surface area contributed by atoms with Gasteiger partial charge in [0.05, 0.1) is 0 Å². The van der Waals surface area contributed by atoms with Crippen LogP contribution in [0.5, 0.6) is 0 Å². The Labute approximate surface area is 108 Å². The van der Waals surface area contributed by atoms with Gasteiger partial charge in [0.15, 0.2) is 0 Å². The van der Waals surface area contributed by atoms with E-state index < -0.39 is 0 Å². The maximum absolute atomic E-state index is 11.3. The fourth-order valence-corrected chi connectivity index (χ4v) is 2.45. The van der Waals surface area contributed by atoms with Gasteiger partial charge in [-0.15, -0.1) is 0 Å². The highest BCUT2D eigenvalue weighted by Crippen LogP contribution is 2.28. The van der Waals surface area contributed by atoms with Gasteiger partial charge in [0, 0.05) is 38.8 Å². The molecule has 4 heteroatoms. The summed E-state index contributed by atoms with van der Waals surface area (Å²) < 4.78 is 0. The zero-order valence-electron chi connectivity index (χ0n) is 10.9. The fourth-order valence-electron chi connectivity index (χ4n) is 2.45.